The van der Waals surface area contributed by atoms with Gasteiger partial charge in [-0.1, -0.05) is 12.2 Å². The third-order valence-electron chi connectivity index (χ3n) is 4.53. The number of ether oxygens (including phenoxy) is 1. The van der Waals surface area contributed by atoms with Gasteiger partial charge in [0.1, 0.15) is 17.4 Å². The van der Waals surface area contributed by atoms with E-state index in [-0.39, 0.29) is 16.3 Å². The smallest absolute Gasteiger partial charge is 0.256 e. The number of ketones is 1. The highest BCUT2D eigenvalue weighted by Gasteiger charge is 2.33. The lowest BCUT2D eigenvalue weighted by Crippen LogP contribution is -2.36. The molecule has 7 heteroatoms. The molecule has 2 aromatic carbocycles. The molecule has 3 rings (SSSR count). The van der Waals surface area contributed by atoms with E-state index in [1.54, 1.807) is 24.3 Å². The largest absolute Gasteiger partial charge is 0.497 e. The van der Waals surface area contributed by atoms with Gasteiger partial charge < -0.3 is 10.1 Å². The maximum atomic E-state index is 13.8. The van der Waals surface area contributed by atoms with Gasteiger partial charge in [0.05, 0.1) is 18.0 Å². The van der Waals surface area contributed by atoms with E-state index >= 15 is 0 Å². The molecule has 0 radical (unpaired) electrons. The molecule has 1 amide bonds. The minimum absolute atomic E-state index is 0.133. The van der Waals surface area contributed by atoms with Gasteiger partial charge in [-0.05, 0) is 60.9 Å². The van der Waals surface area contributed by atoms with Crippen molar-refractivity contribution in [3.8, 4) is 5.75 Å². The van der Waals surface area contributed by atoms with Crippen LogP contribution in [0.2, 0.25) is 0 Å². The van der Waals surface area contributed by atoms with Crippen molar-refractivity contribution in [3.05, 3.63) is 70.8 Å². The van der Waals surface area contributed by atoms with Crippen LogP contribution in [0.3, 0.4) is 0 Å². The molecule has 1 aliphatic rings. The molecule has 0 bridgehead atoms. The van der Waals surface area contributed by atoms with Crippen LogP contribution in [0.25, 0.3) is 6.08 Å². The maximum Gasteiger partial charge on any atom is 0.256 e. The number of Topliss-reactive ketones (excluding diaryl/α,β-unsaturated/α-hetero) is 1. The Kier molecular flexibility index (Phi) is 5.94. The molecular formula is C21H17F2NO3S. The van der Waals surface area contributed by atoms with Crippen molar-refractivity contribution in [2.24, 2.45) is 5.92 Å². The number of amides is 1. The van der Waals surface area contributed by atoms with Crippen molar-refractivity contribution in [1.82, 2.24) is 5.32 Å². The van der Waals surface area contributed by atoms with Gasteiger partial charge >= 0.3 is 0 Å². The summed E-state index contributed by atoms with van der Waals surface area (Å²) in [5.41, 5.74) is 0.924. The Morgan fingerprint density at radius 3 is 2.57 bits per heavy atom. The topological polar surface area (TPSA) is 55.4 Å². The van der Waals surface area contributed by atoms with E-state index in [4.69, 9.17) is 17.0 Å². The fourth-order valence-corrected chi connectivity index (χ4v) is 3.31. The molecule has 1 saturated carbocycles. The monoisotopic (exact) mass is 401 g/mol. The van der Waals surface area contributed by atoms with Crippen LogP contribution in [-0.2, 0) is 4.79 Å². The van der Waals surface area contributed by atoms with Gasteiger partial charge in [0.2, 0.25) is 0 Å². The second-order valence-electron chi connectivity index (χ2n) is 6.34. The molecule has 28 heavy (non-hydrogen) atoms. The minimum Gasteiger partial charge on any atom is -0.497 e. The van der Waals surface area contributed by atoms with Gasteiger partial charge in [-0.15, -0.1) is 0 Å². The minimum atomic E-state index is -0.737. The summed E-state index contributed by atoms with van der Waals surface area (Å²) in [5, 5.41) is 2.59. The third kappa shape index (κ3) is 4.31. The number of allylic oxidation sites excluding steroid dienone is 1. The van der Waals surface area contributed by atoms with Crippen molar-refractivity contribution in [2.75, 3.05) is 7.11 Å². The van der Waals surface area contributed by atoms with Crippen LogP contribution in [0.1, 0.15) is 28.8 Å². The number of nitrogens with one attached hydrogen (secondary N) is 1. The number of halogens is 2. The summed E-state index contributed by atoms with van der Waals surface area (Å²) < 4.78 is 31.9. The Hall–Kier alpha value is -2.93. The van der Waals surface area contributed by atoms with E-state index in [0.29, 0.717) is 29.7 Å². The average Bonchev–Trinajstić information content (AvgIpc) is 3.04. The highest BCUT2D eigenvalue weighted by Crippen LogP contribution is 2.30. The number of benzene rings is 2. The summed E-state index contributed by atoms with van der Waals surface area (Å²) in [6.45, 7) is 0. The van der Waals surface area contributed by atoms with Crippen LogP contribution < -0.4 is 10.1 Å². The molecule has 4 nitrogen and oxygen atoms in total. The molecule has 2 aromatic rings. The first-order valence-corrected chi connectivity index (χ1v) is 8.99. The fourth-order valence-electron chi connectivity index (χ4n) is 2.99. The molecule has 144 valence electrons. The maximum absolute atomic E-state index is 13.8. The summed E-state index contributed by atoms with van der Waals surface area (Å²) in [7, 11) is 1.53. The first-order chi connectivity index (χ1) is 13.4. The van der Waals surface area contributed by atoms with Crippen LogP contribution in [0.5, 0.6) is 5.75 Å². The number of hydrogen-bond acceptors (Lipinski definition) is 4. The lowest BCUT2D eigenvalue weighted by Gasteiger charge is -2.12. The van der Waals surface area contributed by atoms with Crippen LogP contribution >= 0.6 is 12.2 Å². The number of hydrogen-bond donors (Lipinski definition) is 1. The van der Waals surface area contributed by atoms with Crippen molar-refractivity contribution in [2.45, 2.75) is 12.8 Å². The molecule has 0 heterocycles. The predicted octanol–water partition coefficient (Wildman–Crippen LogP) is 4.09. The zero-order valence-electron chi connectivity index (χ0n) is 15.0. The molecule has 0 aliphatic heterocycles. The number of thiocarbonyl (C=S) groups is 1. The number of carbonyl (C=O) groups is 2. The highest BCUT2D eigenvalue weighted by molar-refractivity contribution is 7.80. The van der Waals surface area contributed by atoms with E-state index in [9.17, 15) is 18.4 Å². The van der Waals surface area contributed by atoms with E-state index in [2.05, 4.69) is 5.32 Å². The molecule has 0 saturated heterocycles. The summed E-state index contributed by atoms with van der Waals surface area (Å²) in [6.07, 6.45) is 2.24. The van der Waals surface area contributed by atoms with Crippen molar-refractivity contribution in [3.63, 3.8) is 0 Å². The Bertz CT molecular complexity index is 970. The van der Waals surface area contributed by atoms with Gasteiger partial charge in [0.25, 0.3) is 5.91 Å². The standard InChI is InChI=1S/C21H17F2NO3S/c1-27-16-7-3-12(4-8-16)20(26)24-21(28)17-9-5-14(19(17)25)10-13-2-6-15(22)11-18(13)23/h2-4,6-8,10-11,17H,5,9H2,1H3,(H,24,26,28). The lowest BCUT2D eigenvalue weighted by atomic mass is 10.0. The average molecular weight is 401 g/mol. The molecule has 1 atom stereocenters. The quantitative estimate of drug-likeness (QED) is 0.619. The second kappa shape index (κ2) is 8.39. The van der Waals surface area contributed by atoms with E-state index in [0.717, 1.165) is 12.1 Å². The Morgan fingerprint density at radius 1 is 1.21 bits per heavy atom. The van der Waals surface area contributed by atoms with Crippen molar-refractivity contribution < 1.29 is 23.1 Å². The van der Waals surface area contributed by atoms with Crippen molar-refractivity contribution in [1.29, 1.82) is 0 Å². The van der Waals surface area contributed by atoms with Crippen molar-refractivity contribution >= 4 is 35.0 Å². The number of methoxy groups -OCH3 is 1. The van der Waals surface area contributed by atoms with E-state index in [1.165, 1.54) is 19.3 Å². The van der Waals surface area contributed by atoms with Gasteiger partial charge in [0, 0.05) is 17.2 Å². The van der Waals surface area contributed by atoms with Gasteiger partial charge in [-0.25, -0.2) is 8.78 Å². The van der Waals surface area contributed by atoms with Gasteiger partial charge in [-0.2, -0.15) is 0 Å². The molecule has 1 fully saturated rings. The molecule has 1 aliphatic carbocycles. The molecular weight excluding hydrogens is 384 g/mol. The molecule has 1 unspecified atom stereocenters. The fraction of sp³-hybridized carbons (Fsp3) is 0.190. The van der Waals surface area contributed by atoms with Crippen LogP contribution in [0.4, 0.5) is 8.78 Å². The first-order valence-electron chi connectivity index (χ1n) is 8.58. The van der Waals surface area contributed by atoms with Gasteiger partial charge in [0.15, 0.2) is 5.78 Å². The third-order valence-corrected chi connectivity index (χ3v) is 4.92. The first kappa shape index (κ1) is 19.8. The van der Waals surface area contributed by atoms with E-state index in [1.807, 2.05) is 0 Å². The van der Waals surface area contributed by atoms with E-state index < -0.39 is 23.5 Å². The highest BCUT2D eigenvalue weighted by atomic mass is 32.1. The predicted molar refractivity (Wildman–Crippen MR) is 105 cm³/mol. The number of carbonyl (C=O) groups excluding carboxylic acids is 2. The Balaban J connectivity index is 1.68. The zero-order chi connectivity index (χ0) is 20.3. The normalized spacial score (nSPS) is 17.6. The van der Waals surface area contributed by atoms with Crippen LogP contribution in [0, 0.1) is 17.6 Å². The molecule has 0 aromatic heterocycles. The Morgan fingerprint density at radius 2 is 1.93 bits per heavy atom. The Labute approximate surface area is 166 Å². The lowest BCUT2D eigenvalue weighted by molar-refractivity contribution is -0.116. The van der Waals surface area contributed by atoms with Crippen LogP contribution in [0.15, 0.2) is 48.0 Å². The van der Waals surface area contributed by atoms with Gasteiger partial charge in [-0.3, -0.25) is 9.59 Å². The summed E-state index contributed by atoms with van der Waals surface area (Å²) in [5.74, 6) is -2.12. The zero-order valence-corrected chi connectivity index (χ0v) is 15.8. The SMILES string of the molecule is COc1ccc(C(=O)NC(=S)C2CCC(=Cc3ccc(F)cc3F)C2=O)cc1. The van der Waals surface area contributed by atoms with Crippen LogP contribution in [-0.4, -0.2) is 23.8 Å². The second-order valence-corrected chi connectivity index (χ2v) is 6.78. The summed E-state index contributed by atoms with van der Waals surface area (Å²) in [6, 6.07) is 9.66. The molecule has 0 spiro atoms. The number of rotatable bonds is 4. The summed E-state index contributed by atoms with van der Waals surface area (Å²) >= 11 is 5.25. The summed E-state index contributed by atoms with van der Waals surface area (Å²) in [4.78, 5) is 25.1. The molecule has 1 N–H and O–H groups in total.